The highest BCUT2D eigenvalue weighted by Crippen LogP contribution is 2.56. The Labute approximate surface area is 404 Å². The Kier molecular flexibility index (Phi) is 12.1. The van der Waals surface area contributed by atoms with Crippen molar-refractivity contribution in [3.63, 3.8) is 0 Å². The summed E-state index contributed by atoms with van der Waals surface area (Å²) in [5.41, 5.74) is 10.3. The van der Waals surface area contributed by atoms with Crippen LogP contribution in [0.4, 0.5) is 34.1 Å². The first kappa shape index (κ1) is 45.3. The lowest BCUT2D eigenvalue weighted by molar-refractivity contribution is -0.0387. The van der Waals surface area contributed by atoms with Crippen molar-refractivity contribution in [2.24, 2.45) is 0 Å². The molecule has 0 amide bonds. The second-order valence-corrected chi connectivity index (χ2v) is 18.6. The molecular weight excluding hydrogens is 861 g/mol. The third-order valence-corrected chi connectivity index (χ3v) is 13.4. The molecule has 0 radical (unpaired) electrons. The topological polar surface area (TPSA) is 90.7 Å². The van der Waals surface area contributed by atoms with Gasteiger partial charge in [0, 0.05) is 68.4 Å². The average molecular weight is 919 g/mol. The van der Waals surface area contributed by atoms with Crippen molar-refractivity contribution in [1.82, 2.24) is 9.78 Å². The summed E-state index contributed by atoms with van der Waals surface area (Å²) in [6, 6.07) is 55.4. The molecule has 350 valence electrons. The van der Waals surface area contributed by atoms with Gasteiger partial charge in [-0.05, 0) is 158 Å². The minimum absolute atomic E-state index is 0.237. The predicted octanol–water partition coefficient (Wildman–Crippen LogP) is 13.8. The van der Waals surface area contributed by atoms with E-state index in [1.165, 1.54) is 0 Å². The van der Waals surface area contributed by atoms with Crippen molar-refractivity contribution < 1.29 is 28.8 Å². The summed E-state index contributed by atoms with van der Waals surface area (Å²) in [7, 11) is 6.69. The van der Waals surface area contributed by atoms with Gasteiger partial charge < -0.3 is 38.6 Å². The summed E-state index contributed by atoms with van der Waals surface area (Å²) in [6.45, 7) is 7.23. The minimum atomic E-state index is -1.67. The van der Waals surface area contributed by atoms with Gasteiger partial charge in [-0.2, -0.15) is 5.10 Å². The van der Waals surface area contributed by atoms with Crippen molar-refractivity contribution in [3.05, 3.63) is 186 Å². The van der Waals surface area contributed by atoms with Gasteiger partial charge >= 0.3 is 0 Å². The highest BCUT2D eigenvalue weighted by molar-refractivity contribution is 5.90. The van der Waals surface area contributed by atoms with Crippen LogP contribution in [0.3, 0.4) is 0 Å². The minimum Gasteiger partial charge on any atom is -0.497 e. The van der Waals surface area contributed by atoms with Crippen molar-refractivity contribution in [2.45, 2.75) is 57.3 Å². The molecule has 1 atom stereocenters. The molecule has 1 aliphatic heterocycles. The highest BCUT2D eigenvalue weighted by Gasteiger charge is 2.46. The van der Waals surface area contributed by atoms with Crippen LogP contribution < -0.4 is 28.7 Å². The fourth-order valence-electron chi connectivity index (χ4n) is 9.79. The quantitative estimate of drug-likeness (QED) is 0.121. The number of hydrogen-bond donors (Lipinski definition) is 1. The fraction of sp³-hybridized carbons (Fsp3) is 0.237. The van der Waals surface area contributed by atoms with Gasteiger partial charge in [-0.1, -0.05) is 57.2 Å². The number of aliphatic hydroxyl groups is 1. The number of anilines is 6. The number of rotatable bonds is 13. The zero-order valence-electron chi connectivity index (χ0n) is 40.3. The van der Waals surface area contributed by atoms with E-state index in [9.17, 15) is 5.11 Å². The standard InChI is InChI=1S/C59H58N4O6/c1-58(2,3)56-38-55(63(60-56)57-14-10-11-35-69-57)51-12-8-9-13-52(51)59(64)53-36-43(61(39-15-25-45(65-4)26-16-39)40-17-27-46(66-5)28-18-40)23-33-49(53)50-34-24-44(37-54(50)59)62(41-19-29-47(67-6)30-20-41)42-21-31-48(68-7)32-22-42/h8-9,12-13,15-34,36-38,57,64H,10-11,14,35H2,1-7H3. The first-order valence-electron chi connectivity index (χ1n) is 23.5. The maximum atomic E-state index is 14.5. The Morgan fingerprint density at radius 2 is 0.942 bits per heavy atom. The molecule has 8 aromatic rings. The van der Waals surface area contributed by atoms with E-state index in [1.807, 2.05) is 109 Å². The molecule has 2 heterocycles. The summed E-state index contributed by atoms with van der Waals surface area (Å²) in [5, 5.41) is 19.8. The van der Waals surface area contributed by atoms with Crippen LogP contribution in [0.5, 0.6) is 23.0 Å². The molecule has 0 bridgehead atoms. The molecule has 0 saturated carbocycles. The largest absolute Gasteiger partial charge is 0.497 e. The third kappa shape index (κ3) is 8.34. The predicted molar refractivity (Wildman–Crippen MR) is 275 cm³/mol. The van der Waals surface area contributed by atoms with E-state index in [-0.39, 0.29) is 11.6 Å². The van der Waals surface area contributed by atoms with Gasteiger partial charge in [0.05, 0.1) is 39.8 Å². The highest BCUT2D eigenvalue weighted by atomic mass is 16.5. The van der Waals surface area contributed by atoms with Crippen LogP contribution in [0.15, 0.2) is 164 Å². The molecule has 1 saturated heterocycles. The zero-order chi connectivity index (χ0) is 47.9. The van der Waals surface area contributed by atoms with Crippen LogP contribution in [-0.4, -0.2) is 49.9 Å². The summed E-state index contributed by atoms with van der Waals surface area (Å²) in [5.74, 6) is 3.02. The number of fused-ring (bicyclic) bond motifs is 3. The van der Waals surface area contributed by atoms with Crippen molar-refractivity contribution in [2.75, 3.05) is 44.8 Å². The molecule has 1 N–H and O–H groups in total. The second kappa shape index (κ2) is 18.5. The first-order chi connectivity index (χ1) is 33.5. The van der Waals surface area contributed by atoms with E-state index >= 15 is 0 Å². The first-order valence-corrected chi connectivity index (χ1v) is 23.5. The molecule has 7 aromatic carbocycles. The van der Waals surface area contributed by atoms with Crippen LogP contribution >= 0.6 is 0 Å². The van der Waals surface area contributed by atoms with E-state index in [0.29, 0.717) is 6.61 Å². The summed E-state index contributed by atoms with van der Waals surface area (Å²) < 4.78 is 30.9. The van der Waals surface area contributed by atoms with Crippen molar-refractivity contribution >= 4 is 34.1 Å². The molecule has 1 fully saturated rings. The van der Waals surface area contributed by atoms with Crippen LogP contribution in [-0.2, 0) is 15.8 Å². The molecule has 1 unspecified atom stereocenters. The second-order valence-electron chi connectivity index (χ2n) is 18.6. The van der Waals surface area contributed by atoms with Gasteiger partial charge in [0.1, 0.15) is 28.6 Å². The number of aromatic nitrogens is 2. The maximum absolute atomic E-state index is 14.5. The van der Waals surface area contributed by atoms with Crippen molar-refractivity contribution in [1.29, 1.82) is 0 Å². The lowest BCUT2D eigenvalue weighted by Crippen LogP contribution is -2.28. The summed E-state index contributed by atoms with van der Waals surface area (Å²) in [6.07, 6.45) is 2.67. The van der Waals surface area contributed by atoms with Crippen LogP contribution in [0.1, 0.15) is 68.6 Å². The van der Waals surface area contributed by atoms with Gasteiger partial charge in [-0.15, -0.1) is 0 Å². The molecule has 1 aliphatic carbocycles. The van der Waals surface area contributed by atoms with Crippen LogP contribution in [0.25, 0.3) is 22.4 Å². The lowest BCUT2D eigenvalue weighted by Gasteiger charge is -2.32. The molecule has 10 nitrogen and oxygen atoms in total. The number of hydrogen-bond acceptors (Lipinski definition) is 9. The smallest absolute Gasteiger partial charge is 0.150 e. The average Bonchev–Trinajstić information content (AvgIpc) is 3.96. The van der Waals surface area contributed by atoms with E-state index < -0.39 is 5.60 Å². The molecule has 2 aliphatic rings. The molecule has 1 aromatic heterocycles. The van der Waals surface area contributed by atoms with E-state index in [1.54, 1.807) is 28.4 Å². The zero-order valence-corrected chi connectivity index (χ0v) is 40.3. The fourth-order valence-corrected chi connectivity index (χ4v) is 9.79. The molecule has 10 rings (SSSR count). The Morgan fingerprint density at radius 1 is 0.522 bits per heavy atom. The lowest BCUT2D eigenvalue weighted by atomic mass is 9.80. The van der Waals surface area contributed by atoms with E-state index in [4.69, 9.17) is 28.8 Å². The van der Waals surface area contributed by atoms with Gasteiger partial charge in [-0.25, -0.2) is 4.68 Å². The summed E-state index contributed by atoms with van der Waals surface area (Å²) in [4.78, 5) is 4.39. The van der Waals surface area contributed by atoms with Crippen LogP contribution in [0.2, 0.25) is 0 Å². The van der Waals surface area contributed by atoms with Crippen LogP contribution in [0, 0.1) is 0 Å². The van der Waals surface area contributed by atoms with Crippen molar-refractivity contribution in [3.8, 4) is 45.4 Å². The number of benzene rings is 7. The maximum Gasteiger partial charge on any atom is 0.150 e. The molecular formula is C59H58N4O6. The number of methoxy groups -OCH3 is 4. The Hall–Kier alpha value is -7.53. The van der Waals surface area contributed by atoms with Gasteiger partial charge in [-0.3, -0.25) is 0 Å². The monoisotopic (exact) mass is 918 g/mol. The molecule has 0 spiro atoms. The molecule has 10 heteroatoms. The van der Waals surface area contributed by atoms with Gasteiger partial charge in [0.15, 0.2) is 6.23 Å². The van der Waals surface area contributed by atoms with Gasteiger partial charge in [0.2, 0.25) is 0 Å². The number of ether oxygens (including phenoxy) is 5. The Balaban J connectivity index is 1.22. The van der Waals surface area contributed by atoms with Gasteiger partial charge in [0.25, 0.3) is 0 Å². The molecule has 69 heavy (non-hydrogen) atoms. The third-order valence-electron chi connectivity index (χ3n) is 13.4. The summed E-state index contributed by atoms with van der Waals surface area (Å²) >= 11 is 0. The van der Waals surface area contributed by atoms with E-state index in [2.05, 4.69) is 89.9 Å². The number of nitrogens with zero attached hydrogens (tertiary/aromatic N) is 4. The SMILES string of the molecule is COc1ccc(N(c2ccc(OC)cc2)c2ccc3c(c2)C(O)(c2ccccc2-c2cc(C(C)(C)C)nn2C2CCCCO2)c2cc(N(c4ccc(OC)cc4)c4ccc(OC)cc4)ccc2-3)cc1. The Bertz CT molecular complexity index is 2840. The van der Waals surface area contributed by atoms with E-state index in [0.717, 1.165) is 121 Å². The Morgan fingerprint density at radius 3 is 1.33 bits per heavy atom. The normalized spacial score (nSPS) is 14.9.